The Morgan fingerprint density at radius 1 is 1.07 bits per heavy atom. The molecule has 2 amide bonds. The third kappa shape index (κ3) is 5.14. The number of pyridine rings is 1. The maximum Gasteiger partial charge on any atom is 0.320 e. The SMILES string of the molecule is CN(c1nc(-c2ccc(F)cc2)c(C#N)s1)c1c(C2CC2)nn2cc(F)c(N3CCN(C(=O)N4CCOCC4)CC3)cc12. The fourth-order valence-corrected chi connectivity index (χ4v) is 6.65. The van der Waals surface area contributed by atoms with Crippen molar-refractivity contribution in [3.05, 3.63) is 58.7 Å². The molecule has 3 aromatic heterocycles. The lowest BCUT2D eigenvalue weighted by molar-refractivity contribution is 0.0428. The average Bonchev–Trinajstić information content (AvgIpc) is 3.69. The van der Waals surface area contributed by atoms with E-state index < -0.39 is 0 Å². The summed E-state index contributed by atoms with van der Waals surface area (Å²) in [6.07, 6.45) is 3.42. The summed E-state index contributed by atoms with van der Waals surface area (Å²) in [5.74, 6) is -0.465. The molecule has 7 rings (SSSR count). The molecule has 2 saturated heterocycles. The molecule has 0 N–H and O–H groups in total. The van der Waals surface area contributed by atoms with Gasteiger partial charge in [0.25, 0.3) is 0 Å². The van der Waals surface area contributed by atoms with Gasteiger partial charge in [0, 0.05) is 57.8 Å². The zero-order chi connectivity index (χ0) is 29.7. The molecule has 222 valence electrons. The molecule has 1 aromatic carbocycles. The zero-order valence-corrected chi connectivity index (χ0v) is 24.5. The first-order valence-corrected chi connectivity index (χ1v) is 15.2. The maximum absolute atomic E-state index is 15.6. The van der Waals surface area contributed by atoms with Crippen molar-refractivity contribution in [3.8, 4) is 17.3 Å². The number of amides is 2. The Hall–Kier alpha value is -4.28. The first kappa shape index (κ1) is 27.5. The Kier molecular flexibility index (Phi) is 7.10. The van der Waals surface area contributed by atoms with Crippen LogP contribution in [0, 0.1) is 23.0 Å². The lowest BCUT2D eigenvalue weighted by atomic mass is 10.1. The van der Waals surface area contributed by atoms with Crippen LogP contribution in [0.1, 0.15) is 29.3 Å². The van der Waals surface area contributed by atoms with Crippen LogP contribution < -0.4 is 9.80 Å². The largest absolute Gasteiger partial charge is 0.378 e. The van der Waals surface area contributed by atoms with Gasteiger partial charge in [-0.15, -0.1) is 0 Å². The summed E-state index contributed by atoms with van der Waals surface area (Å²) < 4.78 is 36.1. The standard InChI is InChI=1S/C30H30F2N8O2S/c1-36(29-34-26(25(17-33)43-29)19-4-6-21(31)7-5-19)28-24-16-23(22(32)18-40(24)35-27(28)20-2-3-20)37-8-10-38(11-9-37)30(41)39-12-14-42-15-13-39/h4-7,16,18,20H,2-3,8-15H2,1H3. The summed E-state index contributed by atoms with van der Waals surface area (Å²) in [6.45, 7) is 4.30. The quantitative estimate of drug-likeness (QED) is 0.322. The van der Waals surface area contributed by atoms with Gasteiger partial charge in [0.1, 0.15) is 22.5 Å². The van der Waals surface area contributed by atoms with Crippen molar-refractivity contribution in [2.45, 2.75) is 18.8 Å². The molecule has 10 nitrogen and oxygen atoms in total. The number of fused-ring (bicyclic) bond motifs is 1. The average molecular weight is 605 g/mol. The molecular formula is C30H30F2N8O2S. The smallest absolute Gasteiger partial charge is 0.320 e. The second-order valence-electron chi connectivity index (χ2n) is 11.1. The Bertz CT molecular complexity index is 1710. The molecule has 1 aliphatic carbocycles. The fourth-order valence-electron chi connectivity index (χ4n) is 5.80. The molecule has 0 unspecified atom stereocenters. The molecule has 4 aromatic rings. The molecular weight excluding hydrogens is 574 g/mol. The number of rotatable bonds is 5. The number of halogens is 2. The molecule has 1 saturated carbocycles. The summed E-state index contributed by atoms with van der Waals surface area (Å²) in [4.78, 5) is 25.7. The normalized spacial score (nSPS) is 17.4. The second-order valence-corrected chi connectivity index (χ2v) is 12.0. The first-order chi connectivity index (χ1) is 20.9. The van der Waals surface area contributed by atoms with Crippen LogP contribution in [-0.4, -0.2) is 90.0 Å². The summed E-state index contributed by atoms with van der Waals surface area (Å²) >= 11 is 1.25. The molecule has 2 aliphatic heterocycles. The van der Waals surface area contributed by atoms with Crippen molar-refractivity contribution in [3.63, 3.8) is 0 Å². The minimum atomic E-state index is -0.376. The molecule has 13 heteroatoms. The predicted octanol–water partition coefficient (Wildman–Crippen LogP) is 4.83. The summed E-state index contributed by atoms with van der Waals surface area (Å²) in [6, 6.07) is 10.0. The van der Waals surface area contributed by atoms with E-state index in [-0.39, 0.29) is 23.6 Å². The van der Waals surface area contributed by atoms with Crippen LogP contribution in [0.4, 0.5) is 30.1 Å². The highest BCUT2D eigenvalue weighted by molar-refractivity contribution is 7.16. The third-order valence-electron chi connectivity index (χ3n) is 8.30. The van der Waals surface area contributed by atoms with Gasteiger partial charge >= 0.3 is 6.03 Å². The minimum Gasteiger partial charge on any atom is -0.378 e. The number of piperazine rings is 1. The highest BCUT2D eigenvalue weighted by atomic mass is 32.1. The van der Waals surface area contributed by atoms with Gasteiger partial charge in [-0.25, -0.2) is 23.1 Å². The molecule has 43 heavy (non-hydrogen) atoms. The van der Waals surface area contributed by atoms with Gasteiger partial charge in [0.15, 0.2) is 10.9 Å². The van der Waals surface area contributed by atoms with Crippen molar-refractivity contribution in [1.29, 1.82) is 5.26 Å². The number of hydrogen-bond donors (Lipinski definition) is 0. The highest BCUT2D eigenvalue weighted by Gasteiger charge is 2.34. The van der Waals surface area contributed by atoms with E-state index in [1.165, 1.54) is 29.7 Å². The first-order valence-electron chi connectivity index (χ1n) is 14.4. The summed E-state index contributed by atoms with van der Waals surface area (Å²) in [7, 11) is 1.89. The molecule has 0 atom stereocenters. The topological polar surface area (TPSA) is 93.2 Å². The minimum absolute atomic E-state index is 0.00726. The Morgan fingerprint density at radius 2 is 1.77 bits per heavy atom. The van der Waals surface area contributed by atoms with E-state index in [0.717, 1.165) is 29.7 Å². The van der Waals surface area contributed by atoms with Gasteiger partial charge in [0.05, 0.1) is 42.0 Å². The number of aromatic nitrogens is 3. The third-order valence-corrected chi connectivity index (χ3v) is 9.33. The van der Waals surface area contributed by atoms with Crippen LogP contribution in [0.2, 0.25) is 0 Å². The summed E-state index contributed by atoms with van der Waals surface area (Å²) in [5.41, 5.74) is 4.06. The van der Waals surface area contributed by atoms with Crippen LogP contribution in [0.3, 0.4) is 0 Å². The number of hydrogen-bond acceptors (Lipinski definition) is 8. The van der Waals surface area contributed by atoms with Gasteiger partial charge in [0.2, 0.25) is 0 Å². The Labute approximate surface area is 251 Å². The van der Waals surface area contributed by atoms with Gasteiger partial charge in [-0.2, -0.15) is 10.4 Å². The second kappa shape index (κ2) is 11.1. The van der Waals surface area contributed by atoms with E-state index >= 15 is 4.39 Å². The van der Waals surface area contributed by atoms with Crippen LogP contribution in [0.25, 0.3) is 16.8 Å². The number of thiazole rings is 1. The van der Waals surface area contributed by atoms with E-state index in [1.54, 1.807) is 16.6 Å². The zero-order valence-electron chi connectivity index (χ0n) is 23.7. The molecule has 5 heterocycles. The van der Waals surface area contributed by atoms with Gasteiger partial charge in [-0.1, -0.05) is 11.3 Å². The lowest BCUT2D eigenvalue weighted by Crippen LogP contribution is -2.55. The fraction of sp³-hybridized carbons (Fsp3) is 0.400. The number of urea groups is 1. The van der Waals surface area contributed by atoms with E-state index in [9.17, 15) is 14.4 Å². The van der Waals surface area contributed by atoms with Crippen molar-refractivity contribution in [1.82, 2.24) is 24.4 Å². The van der Waals surface area contributed by atoms with Crippen molar-refractivity contribution < 1.29 is 18.3 Å². The molecule has 3 fully saturated rings. The van der Waals surface area contributed by atoms with Crippen molar-refractivity contribution >= 4 is 39.4 Å². The van der Waals surface area contributed by atoms with E-state index in [1.807, 2.05) is 32.7 Å². The number of carbonyl (C=O) groups excluding carboxylic acids is 1. The number of ether oxygens (including phenoxy) is 1. The molecule has 0 spiro atoms. The number of anilines is 3. The Balaban J connectivity index is 1.20. The van der Waals surface area contributed by atoms with Gasteiger partial charge in [-0.3, -0.25) is 0 Å². The van der Waals surface area contributed by atoms with Gasteiger partial charge < -0.3 is 24.3 Å². The van der Waals surface area contributed by atoms with Crippen LogP contribution in [-0.2, 0) is 4.74 Å². The van der Waals surface area contributed by atoms with Gasteiger partial charge in [-0.05, 0) is 43.2 Å². The molecule has 0 radical (unpaired) electrons. The van der Waals surface area contributed by atoms with Crippen LogP contribution in [0.15, 0.2) is 36.5 Å². The van der Waals surface area contributed by atoms with E-state index in [2.05, 4.69) is 6.07 Å². The predicted molar refractivity (Wildman–Crippen MR) is 159 cm³/mol. The number of carbonyl (C=O) groups is 1. The lowest BCUT2D eigenvalue weighted by Gasteiger charge is -2.39. The number of morpholine rings is 1. The maximum atomic E-state index is 15.6. The number of nitriles is 1. The number of benzene rings is 1. The molecule has 0 bridgehead atoms. The van der Waals surface area contributed by atoms with Crippen LogP contribution >= 0.6 is 11.3 Å². The van der Waals surface area contributed by atoms with E-state index in [0.29, 0.717) is 79.4 Å². The van der Waals surface area contributed by atoms with E-state index in [4.69, 9.17) is 14.8 Å². The number of nitrogens with zero attached hydrogens (tertiary/aromatic N) is 8. The summed E-state index contributed by atoms with van der Waals surface area (Å²) in [5, 5.41) is 15.2. The van der Waals surface area contributed by atoms with Crippen molar-refractivity contribution in [2.24, 2.45) is 0 Å². The molecule has 3 aliphatic rings. The monoisotopic (exact) mass is 604 g/mol. The van der Waals surface area contributed by atoms with Crippen LogP contribution in [0.5, 0.6) is 0 Å². The van der Waals surface area contributed by atoms with Crippen molar-refractivity contribution in [2.75, 3.05) is 69.3 Å². The Morgan fingerprint density at radius 3 is 2.44 bits per heavy atom. The highest BCUT2D eigenvalue weighted by Crippen LogP contribution is 2.48.